The van der Waals surface area contributed by atoms with E-state index in [0.717, 1.165) is 0 Å². The molecular weight excluding hydrogens is 316 g/mol. The number of hydrogen-bond donors (Lipinski definition) is 1. The zero-order valence-electron chi connectivity index (χ0n) is 13.4. The minimum atomic E-state index is -0.470. The molecule has 2 rings (SSSR count). The molecule has 0 bridgehead atoms. The largest absolute Gasteiger partial charge is 0.494 e. The van der Waals surface area contributed by atoms with Crippen LogP contribution in [-0.4, -0.2) is 19.6 Å². The first-order chi connectivity index (χ1) is 11.6. The molecule has 0 saturated heterocycles. The summed E-state index contributed by atoms with van der Waals surface area (Å²) in [4.78, 5) is 11.7. The van der Waals surface area contributed by atoms with Crippen LogP contribution in [0.5, 0.6) is 11.5 Å². The van der Waals surface area contributed by atoms with Gasteiger partial charge in [0.15, 0.2) is 23.1 Å². The molecule has 6 heteroatoms. The van der Waals surface area contributed by atoms with E-state index in [4.69, 9.17) is 9.47 Å². The summed E-state index contributed by atoms with van der Waals surface area (Å²) in [6.07, 6.45) is 0.699. The molecule has 0 aliphatic carbocycles. The molecule has 128 valence electrons. The molecule has 0 spiro atoms. The van der Waals surface area contributed by atoms with Crippen LogP contribution in [0.1, 0.15) is 18.4 Å². The van der Waals surface area contributed by atoms with Crippen molar-refractivity contribution in [2.24, 2.45) is 0 Å². The Bertz CT molecular complexity index is 692. The van der Waals surface area contributed by atoms with E-state index in [2.05, 4.69) is 5.32 Å². The number of halogens is 2. The van der Waals surface area contributed by atoms with E-state index in [1.54, 1.807) is 18.2 Å². The molecule has 0 aromatic heterocycles. The summed E-state index contributed by atoms with van der Waals surface area (Å²) in [6.45, 7) is 0.472. The van der Waals surface area contributed by atoms with Crippen LogP contribution < -0.4 is 14.8 Å². The smallest absolute Gasteiger partial charge is 0.220 e. The second-order valence-electron chi connectivity index (χ2n) is 5.13. The van der Waals surface area contributed by atoms with Gasteiger partial charge in [-0.25, -0.2) is 8.78 Å². The van der Waals surface area contributed by atoms with E-state index >= 15 is 0 Å². The Balaban J connectivity index is 1.68. The van der Waals surface area contributed by atoms with Crippen molar-refractivity contribution in [1.82, 2.24) is 5.32 Å². The number of amides is 1. The number of carbonyl (C=O) groups excluding carboxylic acids is 1. The molecule has 4 nitrogen and oxygen atoms in total. The first kappa shape index (κ1) is 17.7. The minimum absolute atomic E-state index is 0.162. The Hall–Kier alpha value is -2.63. The number of rotatable bonds is 8. The highest BCUT2D eigenvalue weighted by atomic mass is 19.1. The SMILES string of the molecule is COc1ccc(CNC(=O)CCCOc2ccccc2F)cc1F. The normalized spacial score (nSPS) is 10.3. The third-order valence-corrected chi connectivity index (χ3v) is 3.35. The predicted molar refractivity (Wildman–Crippen MR) is 85.9 cm³/mol. The van der Waals surface area contributed by atoms with E-state index in [1.165, 1.54) is 31.4 Å². The van der Waals surface area contributed by atoms with E-state index in [9.17, 15) is 13.6 Å². The topological polar surface area (TPSA) is 47.6 Å². The molecule has 2 aromatic rings. The maximum absolute atomic E-state index is 13.5. The number of methoxy groups -OCH3 is 1. The van der Waals surface area contributed by atoms with Gasteiger partial charge in [0.1, 0.15) is 0 Å². The summed E-state index contributed by atoms with van der Waals surface area (Å²) in [7, 11) is 1.39. The standard InChI is InChI=1S/C18H19F2NO3/c1-23-16-9-8-13(11-15(16)20)12-21-18(22)7-4-10-24-17-6-3-2-5-14(17)19/h2-3,5-6,8-9,11H,4,7,10,12H2,1H3,(H,21,22). The van der Waals surface area contributed by atoms with E-state index in [-0.39, 0.29) is 37.0 Å². The lowest BCUT2D eigenvalue weighted by Crippen LogP contribution is -2.23. The highest BCUT2D eigenvalue weighted by Crippen LogP contribution is 2.17. The monoisotopic (exact) mass is 335 g/mol. The van der Waals surface area contributed by atoms with Crippen molar-refractivity contribution in [3.05, 3.63) is 59.7 Å². The summed E-state index contributed by atoms with van der Waals surface area (Å²) in [6, 6.07) is 10.6. The van der Waals surface area contributed by atoms with E-state index in [1.807, 2.05) is 0 Å². The van der Waals surface area contributed by atoms with Gasteiger partial charge >= 0.3 is 0 Å². The Morgan fingerprint density at radius 2 is 1.88 bits per heavy atom. The highest BCUT2D eigenvalue weighted by Gasteiger charge is 2.06. The van der Waals surface area contributed by atoms with E-state index in [0.29, 0.717) is 12.0 Å². The highest BCUT2D eigenvalue weighted by molar-refractivity contribution is 5.75. The quantitative estimate of drug-likeness (QED) is 0.752. The lowest BCUT2D eigenvalue weighted by atomic mass is 10.2. The third kappa shape index (κ3) is 5.22. The fourth-order valence-electron chi connectivity index (χ4n) is 2.09. The molecule has 1 N–H and O–H groups in total. The van der Waals surface area contributed by atoms with Gasteiger partial charge in [-0.15, -0.1) is 0 Å². The summed E-state index contributed by atoms with van der Waals surface area (Å²) in [5.74, 6) is -0.739. The molecule has 0 heterocycles. The zero-order chi connectivity index (χ0) is 17.4. The van der Waals surface area contributed by atoms with Crippen LogP contribution in [0.15, 0.2) is 42.5 Å². The first-order valence-electron chi connectivity index (χ1n) is 7.56. The van der Waals surface area contributed by atoms with Crippen molar-refractivity contribution >= 4 is 5.91 Å². The zero-order valence-corrected chi connectivity index (χ0v) is 13.4. The van der Waals surface area contributed by atoms with Crippen molar-refractivity contribution < 1.29 is 23.0 Å². The van der Waals surface area contributed by atoms with Gasteiger partial charge in [0.2, 0.25) is 5.91 Å². The van der Waals surface area contributed by atoms with Gasteiger partial charge in [-0.3, -0.25) is 4.79 Å². The van der Waals surface area contributed by atoms with Gasteiger partial charge in [-0.1, -0.05) is 18.2 Å². The molecule has 0 aliphatic rings. The van der Waals surface area contributed by atoms with Gasteiger partial charge in [-0.05, 0) is 36.2 Å². The molecule has 24 heavy (non-hydrogen) atoms. The predicted octanol–water partition coefficient (Wildman–Crippen LogP) is 3.45. The van der Waals surface area contributed by atoms with Crippen LogP contribution in [-0.2, 0) is 11.3 Å². The van der Waals surface area contributed by atoms with Gasteiger partial charge < -0.3 is 14.8 Å². The number of benzene rings is 2. The first-order valence-corrected chi connectivity index (χ1v) is 7.56. The summed E-state index contributed by atoms with van der Waals surface area (Å²) in [5.41, 5.74) is 0.643. The number of carbonyl (C=O) groups is 1. The lowest BCUT2D eigenvalue weighted by Gasteiger charge is -2.08. The summed E-state index contributed by atoms with van der Waals surface area (Å²) in [5, 5.41) is 2.70. The minimum Gasteiger partial charge on any atom is -0.494 e. The van der Waals surface area contributed by atoms with Crippen LogP contribution >= 0.6 is 0 Å². The lowest BCUT2D eigenvalue weighted by molar-refractivity contribution is -0.121. The summed E-state index contributed by atoms with van der Waals surface area (Å²) < 4.78 is 37.0. The summed E-state index contributed by atoms with van der Waals surface area (Å²) >= 11 is 0. The second kappa shape index (κ2) is 8.86. The Labute approximate surface area is 139 Å². The molecule has 2 aromatic carbocycles. The fraction of sp³-hybridized carbons (Fsp3) is 0.278. The van der Waals surface area contributed by atoms with Crippen molar-refractivity contribution in [2.45, 2.75) is 19.4 Å². The molecule has 1 amide bonds. The third-order valence-electron chi connectivity index (χ3n) is 3.35. The molecule has 0 fully saturated rings. The Morgan fingerprint density at radius 1 is 1.08 bits per heavy atom. The Kier molecular flexibility index (Phi) is 6.54. The van der Waals surface area contributed by atoms with Crippen molar-refractivity contribution in [1.29, 1.82) is 0 Å². The number of para-hydroxylation sites is 1. The maximum Gasteiger partial charge on any atom is 0.220 e. The van der Waals surface area contributed by atoms with E-state index < -0.39 is 11.6 Å². The number of ether oxygens (including phenoxy) is 2. The molecule has 0 aliphatic heterocycles. The molecular formula is C18H19F2NO3. The van der Waals surface area contributed by atoms with Gasteiger partial charge in [0.25, 0.3) is 0 Å². The molecule has 0 unspecified atom stereocenters. The second-order valence-corrected chi connectivity index (χ2v) is 5.13. The van der Waals surface area contributed by atoms with Gasteiger partial charge in [0.05, 0.1) is 13.7 Å². The number of nitrogens with one attached hydrogen (secondary N) is 1. The average Bonchev–Trinajstić information content (AvgIpc) is 2.58. The van der Waals surface area contributed by atoms with Crippen LogP contribution in [0, 0.1) is 11.6 Å². The van der Waals surface area contributed by atoms with Crippen molar-refractivity contribution in [3.8, 4) is 11.5 Å². The number of hydrogen-bond acceptors (Lipinski definition) is 3. The molecule has 0 saturated carbocycles. The molecule has 0 atom stereocenters. The Morgan fingerprint density at radius 3 is 2.58 bits per heavy atom. The van der Waals surface area contributed by atoms with Gasteiger partial charge in [0, 0.05) is 13.0 Å². The fourth-order valence-corrected chi connectivity index (χ4v) is 2.09. The van der Waals surface area contributed by atoms with Crippen molar-refractivity contribution in [2.75, 3.05) is 13.7 Å². The maximum atomic E-state index is 13.5. The average molecular weight is 335 g/mol. The molecule has 0 radical (unpaired) electrons. The van der Waals surface area contributed by atoms with Crippen LogP contribution in [0.4, 0.5) is 8.78 Å². The van der Waals surface area contributed by atoms with Crippen molar-refractivity contribution in [3.63, 3.8) is 0 Å². The van der Waals surface area contributed by atoms with Crippen LogP contribution in [0.25, 0.3) is 0 Å². The van der Waals surface area contributed by atoms with Gasteiger partial charge in [-0.2, -0.15) is 0 Å². The van der Waals surface area contributed by atoms with Crippen LogP contribution in [0.3, 0.4) is 0 Å². The van der Waals surface area contributed by atoms with Crippen LogP contribution in [0.2, 0.25) is 0 Å².